The topological polar surface area (TPSA) is 68.3 Å². The van der Waals surface area contributed by atoms with Crippen LogP contribution in [0.3, 0.4) is 0 Å². The second-order valence-electron chi connectivity index (χ2n) is 7.76. The third kappa shape index (κ3) is 7.82. The zero-order valence-corrected chi connectivity index (χ0v) is 22.1. The van der Waals surface area contributed by atoms with Crippen LogP contribution in [-0.2, 0) is 19.7 Å². The van der Waals surface area contributed by atoms with E-state index in [-0.39, 0.29) is 0 Å². The number of hydrogen-bond donors (Lipinski definition) is 0. The van der Waals surface area contributed by atoms with E-state index < -0.39 is 28.8 Å². The fourth-order valence-corrected chi connectivity index (χ4v) is 12.2. The molecule has 8 heteroatoms. The second kappa shape index (κ2) is 13.7. The molecule has 0 aromatic heterocycles. The molecule has 0 fully saturated rings. The van der Waals surface area contributed by atoms with E-state index in [4.69, 9.17) is 0 Å². The Morgan fingerprint density at radius 3 is 1.25 bits per heavy atom. The number of hydrogen-bond acceptors (Lipinski definition) is 6. The summed E-state index contributed by atoms with van der Waals surface area (Å²) in [5, 5.41) is 0. The number of rotatable bonds is 15. The molecule has 0 aliphatic heterocycles. The number of unbranched alkanes of at least 4 members (excludes halogenated alkanes) is 4. The maximum Gasteiger partial charge on any atom is 0.191 e. The fraction of sp³-hybridized carbons (Fsp3) is 0.500. The lowest BCUT2D eigenvalue weighted by atomic mass is 10.2. The minimum atomic E-state index is -3.57. The van der Waals surface area contributed by atoms with Crippen molar-refractivity contribution >= 4 is 41.3 Å². The summed E-state index contributed by atoms with van der Waals surface area (Å²) >= 11 is 0. The van der Waals surface area contributed by atoms with E-state index >= 15 is 0 Å². The molecule has 2 atom stereocenters. The Bertz CT molecular complexity index is 907. The van der Waals surface area contributed by atoms with Crippen LogP contribution < -0.4 is 0 Å². The molecule has 0 aliphatic carbocycles. The molecule has 2 aromatic rings. The van der Waals surface area contributed by atoms with Crippen LogP contribution in [0.25, 0.3) is 0 Å². The van der Waals surface area contributed by atoms with Gasteiger partial charge in [-0.3, -0.25) is 0 Å². The quantitative estimate of drug-likeness (QED) is 0.186. The van der Waals surface area contributed by atoms with Crippen LogP contribution in [0.1, 0.15) is 65.2 Å². The van der Waals surface area contributed by atoms with E-state index in [0.29, 0.717) is 22.6 Å². The third-order valence-electron chi connectivity index (χ3n) is 5.19. The van der Waals surface area contributed by atoms with Gasteiger partial charge in [0.05, 0.1) is 9.79 Å². The summed E-state index contributed by atoms with van der Waals surface area (Å²) in [6.07, 6.45) is 6.52. The molecule has 0 radical (unpaired) electrons. The average molecular weight is 515 g/mol. The van der Waals surface area contributed by atoms with Gasteiger partial charge in [-0.1, -0.05) is 110 Å². The minimum Gasteiger partial charge on any atom is -0.223 e. The van der Waals surface area contributed by atoms with Gasteiger partial charge in [-0.15, -0.1) is 0 Å². The van der Waals surface area contributed by atoms with Crippen molar-refractivity contribution in [1.29, 1.82) is 0 Å². The van der Waals surface area contributed by atoms with Crippen molar-refractivity contribution in [1.82, 2.24) is 0 Å². The summed E-state index contributed by atoms with van der Waals surface area (Å²) < 4.78 is 52.0. The largest absolute Gasteiger partial charge is 0.223 e. The molecule has 2 aromatic carbocycles. The van der Waals surface area contributed by atoms with Gasteiger partial charge in [-0.25, -0.2) is 16.8 Å². The molecule has 0 saturated heterocycles. The van der Waals surface area contributed by atoms with Crippen molar-refractivity contribution in [2.45, 2.75) is 84.2 Å². The Labute approximate surface area is 202 Å². The smallest absolute Gasteiger partial charge is 0.191 e. The van der Waals surface area contributed by atoms with Gasteiger partial charge in [0.1, 0.15) is 9.16 Å². The monoisotopic (exact) mass is 514 g/mol. The van der Waals surface area contributed by atoms with Gasteiger partial charge in [-0.2, -0.15) is 0 Å². The highest BCUT2D eigenvalue weighted by molar-refractivity contribution is 8.79. The maximum atomic E-state index is 13.3. The fourth-order valence-electron chi connectivity index (χ4n) is 3.28. The predicted octanol–water partition coefficient (Wildman–Crippen LogP) is 7.13. The molecule has 0 saturated carbocycles. The molecular formula is C24H34O4S4. The molecular weight excluding hydrogens is 481 g/mol. The molecule has 4 nitrogen and oxygen atoms in total. The van der Waals surface area contributed by atoms with Crippen LogP contribution in [0.2, 0.25) is 0 Å². The normalized spacial score (nSPS) is 14.2. The number of benzene rings is 2. The third-order valence-corrected chi connectivity index (χ3v) is 14.5. The summed E-state index contributed by atoms with van der Waals surface area (Å²) in [5.41, 5.74) is 0. The molecule has 0 N–H and O–H groups in total. The molecule has 0 aliphatic rings. The van der Waals surface area contributed by atoms with Crippen molar-refractivity contribution in [3.05, 3.63) is 60.7 Å². The molecule has 0 spiro atoms. The van der Waals surface area contributed by atoms with Crippen molar-refractivity contribution in [2.24, 2.45) is 0 Å². The van der Waals surface area contributed by atoms with Gasteiger partial charge >= 0.3 is 0 Å². The van der Waals surface area contributed by atoms with Crippen molar-refractivity contribution in [2.75, 3.05) is 0 Å². The molecule has 178 valence electrons. The summed E-state index contributed by atoms with van der Waals surface area (Å²) in [5.74, 6) is 0. The Balaban J connectivity index is 2.26. The first-order valence-electron chi connectivity index (χ1n) is 11.2. The zero-order valence-electron chi connectivity index (χ0n) is 18.9. The van der Waals surface area contributed by atoms with Crippen LogP contribution in [0.5, 0.6) is 0 Å². The highest BCUT2D eigenvalue weighted by Gasteiger charge is 2.33. The Morgan fingerprint density at radius 2 is 0.938 bits per heavy atom. The van der Waals surface area contributed by atoms with E-state index in [0.717, 1.165) is 38.5 Å². The van der Waals surface area contributed by atoms with Crippen LogP contribution in [0.15, 0.2) is 70.5 Å². The van der Waals surface area contributed by atoms with E-state index in [9.17, 15) is 16.8 Å². The Morgan fingerprint density at radius 1 is 0.594 bits per heavy atom. The average Bonchev–Trinajstić information content (AvgIpc) is 2.81. The highest BCUT2D eigenvalue weighted by Crippen LogP contribution is 2.43. The standard InChI is InChI=1S/C24H34O4S4/c1-3-5-9-19-23(31(25,26)21-15-11-7-12-16-21)29-30-24(20-10-6-4-2)32(27,28)22-17-13-8-14-18-22/h7-8,11-18,23-24H,3-6,9-10,19-20H2,1-2H3. The van der Waals surface area contributed by atoms with E-state index in [1.165, 1.54) is 21.6 Å². The summed E-state index contributed by atoms with van der Waals surface area (Å²) in [6, 6.07) is 17.0. The van der Waals surface area contributed by atoms with Crippen molar-refractivity contribution in [3.63, 3.8) is 0 Å². The molecule has 0 bridgehead atoms. The molecule has 0 amide bonds. The lowest BCUT2D eigenvalue weighted by molar-refractivity contribution is 0.582. The van der Waals surface area contributed by atoms with E-state index in [2.05, 4.69) is 13.8 Å². The minimum absolute atomic E-state index is 0.294. The molecule has 0 heterocycles. The molecule has 2 rings (SSSR count). The molecule has 32 heavy (non-hydrogen) atoms. The lowest BCUT2D eigenvalue weighted by Crippen LogP contribution is -2.21. The van der Waals surface area contributed by atoms with E-state index in [1.807, 2.05) is 0 Å². The summed E-state index contributed by atoms with van der Waals surface area (Å²) in [7, 11) is -4.71. The van der Waals surface area contributed by atoms with E-state index in [1.54, 1.807) is 60.7 Å². The van der Waals surface area contributed by atoms with Crippen LogP contribution >= 0.6 is 21.6 Å². The molecule has 2 unspecified atom stereocenters. The van der Waals surface area contributed by atoms with Gasteiger partial charge in [-0.05, 0) is 37.1 Å². The Hall–Kier alpha value is -0.960. The van der Waals surface area contributed by atoms with Gasteiger partial charge in [0.25, 0.3) is 0 Å². The lowest BCUT2D eigenvalue weighted by Gasteiger charge is -2.21. The first-order chi connectivity index (χ1) is 15.3. The Kier molecular flexibility index (Phi) is 11.7. The van der Waals surface area contributed by atoms with Crippen molar-refractivity contribution in [3.8, 4) is 0 Å². The zero-order chi connectivity index (χ0) is 23.5. The highest BCUT2D eigenvalue weighted by atomic mass is 33.1. The van der Waals surface area contributed by atoms with Gasteiger partial charge < -0.3 is 0 Å². The van der Waals surface area contributed by atoms with Crippen LogP contribution in [0, 0.1) is 0 Å². The summed E-state index contributed by atoms with van der Waals surface area (Å²) in [4.78, 5) is 0.589. The summed E-state index contributed by atoms with van der Waals surface area (Å²) in [6.45, 7) is 4.16. The maximum absolute atomic E-state index is 13.3. The SMILES string of the molecule is CCCCCC(SSC(CCCCC)S(=O)(=O)c1ccccc1)S(=O)(=O)c1ccccc1. The van der Waals surface area contributed by atoms with Gasteiger partial charge in [0.2, 0.25) is 0 Å². The second-order valence-corrected chi connectivity index (χ2v) is 15.3. The number of sulfone groups is 2. The van der Waals surface area contributed by atoms with Crippen LogP contribution in [0.4, 0.5) is 0 Å². The van der Waals surface area contributed by atoms with Gasteiger partial charge in [0.15, 0.2) is 19.7 Å². The first kappa shape index (κ1) is 27.3. The predicted molar refractivity (Wildman–Crippen MR) is 138 cm³/mol. The first-order valence-corrected chi connectivity index (χ1v) is 16.6. The van der Waals surface area contributed by atoms with Crippen molar-refractivity contribution < 1.29 is 16.8 Å². The van der Waals surface area contributed by atoms with Gasteiger partial charge in [0, 0.05) is 0 Å². The van der Waals surface area contributed by atoms with Crippen LogP contribution in [-0.4, -0.2) is 26.0 Å².